The third-order valence-corrected chi connectivity index (χ3v) is 4.62. The van der Waals surface area contributed by atoms with Gasteiger partial charge in [0.05, 0.1) is 0 Å². The van der Waals surface area contributed by atoms with Crippen LogP contribution in [-0.4, -0.2) is 0 Å². The average Bonchev–Trinajstić information content (AvgIpc) is 2.74. The fraction of sp³-hybridized carbons (Fsp3) is 0.684. The average molecular weight is 529 g/mol. The van der Waals surface area contributed by atoms with Crippen LogP contribution in [-0.2, 0) is 0 Å². The zero-order chi connectivity index (χ0) is 30.7. The molecule has 0 nitrogen and oxygen atoms in total. The van der Waals surface area contributed by atoms with Gasteiger partial charge in [0.1, 0.15) is 0 Å². The summed E-state index contributed by atoms with van der Waals surface area (Å²) in [7, 11) is 0. The zero-order valence-corrected chi connectivity index (χ0v) is 29.2. The highest BCUT2D eigenvalue weighted by Gasteiger charge is 1.90. The minimum absolute atomic E-state index is 0.658. The minimum Gasteiger partial charge on any atom is -0.0859 e. The molecule has 0 spiro atoms. The molecule has 38 heavy (non-hydrogen) atoms. The van der Waals surface area contributed by atoms with Crippen molar-refractivity contribution in [1.29, 1.82) is 0 Å². The smallest absolute Gasteiger partial charge is 0.0285 e. The van der Waals surface area contributed by atoms with E-state index in [1.807, 2.05) is 0 Å². The molecule has 0 aromatic rings. The first-order valence-corrected chi connectivity index (χ1v) is 15.4. The van der Waals surface area contributed by atoms with E-state index in [9.17, 15) is 0 Å². The fourth-order valence-electron chi connectivity index (χ4n) is 2.65. The van der Waals surface area contributed by atoms with Crippen LogP contribution in [0, 0.1) is 41.4 Å². The second-order valence-corrected chi connectivity index (χ2v) is 13.1. The summed E-state index contributed by atoms with van der Waals surface area (Å²) in [4.78, 5) is 0. The summed E-state index contributed by atoms with van der Waals surface area (Å²) < 4.78 is 0. The first-order chi connectivity index (χ1) is 17.4. The standard InChI is InChI=1S/C11H20.C10H18.C9H18.C8H16/c1-9(2)6-7-11(5)8-10(3)4;1-9(2)7-5-6-8-10(3)4;1-8(2)6-5-7-9(3)4;1-7(2)5-6-8(3)4/h6-10H,1-5H3;5-10H,1-4H3;6,9H,5,7H2,1-4H3;5-8H,1-4H3/b7-6+,11-8+;7-5+,8-6+;;6-5+. The lowest BCUT2D eigenvalue weighted by molar-refractivity contribution is 0.593. The lowest BCUT2D eigenvalue weighted by Gasteiger charge is -1.99. The Morgan fingerprint density at radius 2 is 0.842 bits per heavy atom. The third kappa shape index (κ3) is 59.5. The summed E-state index contributed by atoms with van der Waals surface area (Å²) in [6.07, 6.45) is 24.7. The van der Waals surface area contributed by atoms with E-state index >= 15 is 0 Å². The number of hydrogen-bond acceptors (Lipinski definition) is 0. The molecule has 0 fully saturated rings. The van der Waals surface area contributed by atoms with Crippen LogP contribution < -0.4 is 0 Å². The first kappa shape index (κ1) is 43.5. The minimum atomic E-state index is 0.658. The lowest BCUT2D eigenvalue weighted by Crippen LogP contribution is -1.83. The Labute approximate surface area is 243 Å². The number of rotatable bonds is 11. The predicted octanol–water partition coefficient (Wildman–Crippen LogP) is 13.5. The van der Waals surface area contributed by atoms with Crippen LogP contribution in [0.1, 0.15) is 131 Å². The van der Waals surface area contributed by atoms with Crippen molar-refractivity contribution in [3.8, 4) is 0 Å². The van der Waals surface area contributed by atoms with Gasteiger partial charge in [0.25, 0.3) is 0 Å². The molecule has 0 saturated carbocycles. The van der Waals surface area contributed by atoms with E-state index in [0.29, 0.717) is 35.5 Å². The van der Waals surface area contributed by atoms with Crippen LogP contribution in [0.5, 0.6) is 0 Å². The van der Waals surface area contributed by atoms with Crippen molar-refractivity contribution in [3.63, 3.8) is 0 Å². The van der Waals surface area contributed by atoms with Crippen molar-refractivity contribution in [1.82, 2.24) is 0 Å². The van der Waals surface area contributed by atoms with Crippen molar-refractivity contribution >= 4 is 0 Å². The molecule has 0 heteroatoms. The first-order valence-electron chi connectivity index (χ1n) is 15.4. The van der Waals surface area contributed by atoms with E-state index < -0.39 is 0 Å². The van der Waals surface area contributed by atoms with Crippen LogP contribution in [0.15, 0.2) is 71.9 Å². The molecule has 0 aliphatic heterocycles. The van der Waals surface area contributed by atoms with E-state index in [1.165, 1.54) is 24.0 Å². The molecule has 224 valence electrons. The summed E-state index contributed by atoms with van der Waals surface area (Å²) in [5, 5.41) is 0. The molecule has 0 saturated heterocycles. The summed E-state index contributed by atoms with van der Waals surface area (Å²) >= 11 is 0. The van der Waals surface area contributed by atoms with E-state index in [0.717, 1.165) is 5.92 Å². The molecule has 0 aromatic heterocycles. The Bertz CT molecular complexity index is 622. The van der Waals surface area contributed by atoms with Gasteiger partial charge in [-0.1, -0.05) is 169 Å². The van der Waals surface area contributed by atoms with Crippen LogP contribution in [0.25, 0.3) is 0 Å². The van der Waals surface area contributed by atoms with Gasteiger partial charge < -0.3 is 0 Å². The Balaban J connectivity index is -0.000000204. The van der Waals surface area contributed by atoms with E-state index in [-0.39, 0.29) is 0 Å². The molecule has 0 radical (unpaired) electrons. The molecule has 0 N–H and O–H groups in total. The molecule has 0 aromatic carbocycles. The molecular formula is C38H72. The van der Waals surface area contributed by atoms with Gasteiger partial charge in [-0.05, 0) is 75.0 Å². The topological polar surface area (TPSA) is 0 Å². The second kappa shape index (κ2) is 30.0. The molecule has 0 amide bonds. The van der Waals surface area contributed by atoms with Crippen molar-refractivity contribution in [2.45, 2.75) is 131 Å². The van der Waals surface area contributed by atoms with Crippen LogP contribution in [0.3, 0.4) is 0 Å². The monoisotopic (exact) mass is 529 g/mol. The summed E-state index contributed by atoms with van der Waals surface area (Å²) in [6, 6.07) is 0. The highest BCUT2D eigenvalue weighted by molar-refractivity contribution is 5.16. The molecule has 0 bridgehead atoms. The molecule has 0 atom stereocenters. The Hall–Kier alpha value is -1.56. The second-order valence-electron chi connectivity index (χ2n) is 13.1. The highest BCUT2D eigenvalue weighted by atomic mass is 14.0. The normalized spacial score (nSPS) is 12.4. The van der Waals surface area contributed by atoms with Crippen molar-refractivity contribution in [2.24, 2.45) is 41.4 Å². The Kier molecular flexibility index (Phi) is 34.3. The van der Waals surface area contributed by atoms with E-state index in [4.69, 9.17) is 0 Å². The van der Waals surface area contributed by atoms with Gasteiger partial charge >= 0.3 is 0 Å². The van der Waals surface area contributed by atoms with Crippen molar-refractivity contribution in [2.75, 3.05) is 0 Å². The van der Waals surface area contributed by atoms with Gasteiger partial charge in [0.2, 0.25) is 0 Å². The zero-order valence-electron chi connectivity index (χ0n) is 29.2. The summed E-state index contributed by atoms with van der Waals surface area (Å²) in [5.74, 6) is 4.90. The molecule has 0 aliphatic rings. The molecular weight excluding hydrogens is 456 g/mol. The van der Waals surface area contributed by atoms with Gasteiger partial charge in [-0.15, -0.1) is 0 Å². The van der Waals surface area contributed by atoms with E-state index in [1.54, 1.807) is 0 Å². The van der Waals surface area contributed by atoms with Crippen LogP contribution in [0.2, 0.25) is 0 Å². The van der Waals surface area contributed by atoms with Gasteiger partial charge in [-0.2, -0.15) is 0 Å². The highest BCUT2D eigenvalue weighted by Crippen LogP contribution is 2.06. The van der Waals surface area contributed by atoms with Gasteiger partial charge in [-0.25, -0.2) is 0 Å². The Morgan fingerprint density at radius 1 is 0.474 bits per heavy atom. The van der Waals surface area contributed by atoms with Crippen LogP contribution >= 0.6 is 0 Å². The Morgan fingerprint density at radius 3 is 1.11 bits per heavy atom. The molecule has 0 rings (SSSR count). The quantitative estimate of drug-likeness (QED) is 0.185. The van der Waals surface area contributed by atoms with Crippen molar-refractivity contribution in [3.05, 3.63) is 71.9 Å². The lowest BCUT2D eigenvalue weighted by atomic mass is 10.1. The largest absolute Gasteiger partial charge is 0.0859 e. The predicted molar refractivity (Wildman–Crippen MR) is 183 cm³/mol. The SMILES string of the molecule is CC(/C=C/C(C)C)=C\C(C)C.CC(C)/C=C/C(C)C.CC(C)/C=C/C=C/C(C)C.CC(C)=CCCC(C)C. The van der Waals surface area contributed by atoms with E-state index in [2.05, 4.69) is 178 Å². The molecule has 0 unspecified atom stereocenters. The van der Waals surface area contributed by atoms with Crippen LogP contribution in [0.4, 0.5) is 0 Å². The number of allylic oxidation sites excluding steroid dienone is 12. The molecule has 0 heterocycles. The van der Waals surface area contributed by atoms with Crippen molar-refractivity contribution < 1.29 is 0 Å². The van der Waals surface area contributed by atoms with Gasteiger partial charge in [0.15, 0.2) is 0 Å². The molecule has 0 aliphatic carbocycles. The summed E-state index contributed by atoms with van der Waals surface area (Å²) in [6.45, 7) is 37.3. The van der Waals surface area contributed by atoms with Gasteiger partial charge in [0, 0.05) is 0 Å². The van der Waals surface area contributed by atoms with Gasteiger partial charge in [-0.3, -0.25) is 0 Å². The maximum Gasteiger partial charge on any atom is -0.0285 e. The maximum absolute atomic E-state index is 2.31. The number of hydrogen-bond donors (Lipinski definition) is 0. The fourth-order valence-corrected chi connectivity index (χ4v) is 2.65. The maximum atomic E-state index is 2.31. The third-order valence-electron chi connectivity index (χ3n) is 4.62. The summed E-state index contributed by atoms with van der Waals surface area (Å²) in [5.41, 5.74) is 2.81.